The molecule has 2 aromatic rings. The van der Waals surface area contributed by atoms with Crippen LogP contribution >= 0.6 is 11.3 Å². The molecule has 1 fully saturated rings. The highest BCUT2D eigenvalue weighted by Crippen LogP contribution is 2.29. The van der Waals surface area contributed by atoms with Crippen molar-refractivity contribution in [2.75, 3.05) is 18.4 Å². The molecule has 0 amide bonds. The molecular formula is C12H14N2S. The first-order chi connectivity index (χ1) is 7.43. The fourth-order valence-electron chi connectivity index (χ4n) is 2.10. The molecule has 1 saturated heterocycles. The smallest absolute Gasteiger partial charge is 0.0574 e. The van der Waals surface area contributed by atoms with Crippen molar-refractivity contribution in [3.05, 3.63) is 29.6 Å². The number of hydrogen-bond acceptors (Lipinski definition) is 3. The highest BCUT2D eigenvalue weighted by atomic mass is 32.1. The molecule has 0 radical (unpaired) electrons. The van der Waals surface area contributed by atoms with Crippen molar-refractivity contribution >= 4 is 27.1 Å². The van der Waals surface area contributed by atoms with Crippen LogP contribution in [-0.4, -0.2) is 19.1 Å². The Bertz CT molecular complexity index is 457. The van der Waals surface area contributed by atoms with Crippen LogP contribution < -0.4 is 10.6 Å². The Kier molecular flexibility index (Phi) is 2.35. The lowest BCUT2D eigenvalue weighted by Crippen LogP contribution is -2.21. The van der Waals surface area contributed by atoms with Crippen LogP contribution in [0.2, 0.25) is 0 Å². The van der Waals surface area contributed by atoms with Crippen LogP contribution in [0.1, 0.15) is 6.42 Å². The van der Waals surface area contributed by atoms with Gasteiger partial charge < -0.3 is 10.6 Å². The van der Waals surface area contributed by atoms with Gasteiger partial charge in [0.05, 0.1) is 10.4 Å². The molecule has 0 spiro atoms. The Hall–Kier alpha value is -1.06. The van der Waals surface area contributed by atoms with Crippen LogP contribution in [-0.2, 0) is 0 Å². The maximum Gasteiger partial charge on any atom is 0.0574 e. The van der Waals surface area contributed by atoms with E-state index >= 15 is 0 Å². The summed E-state index contributed by atoms with van der Waals surface area (Å²) in [5.74, 6) is 0. The zero-order valence-corrected chi connectivity index (χ0v) is 9.31. The normalized spacial score (nSPS) is 20.9. The molecule has 3 rings (SSSR count). The van der Waals surface area contributed by atoms with Crippen LogP contribution in [0.15, 0.2) is 29.6 Å². The molecule has 0 aliphatic carbocycles. The molecule has 2 heterocycles. The van der Waals surface area contributed by atoms with Crippen LogP contribution in [0.5, 0.6) is 0 Å². The predicted octanol–water partition coefficient (Wildman–Crippen LogP) is 2.68. The Morgan fingerprint density at radius 2 is 2.33 bits per heavy atom. The molecule has 1 aromatic carbocycles. The van der Waals surface area contributed by atoms with Crippen LogP contribution in [0, 0.1) is 0 Å². The number of fused-ring (bicyclic) bond motifs is 1. The summed E-state index contributed by atoms with van der Waals surface area (Å²) < 4.78 is 1.38. The van der Waals surface area contributed by atoms with E-state index in [2.05, 4.69) is 40.3 Å². The van der Waals surface area contributed by atoms with E-state index < -0.39 is 0 Å². The second-order valence-electron chi connectivity index (χ2n) is 3.98. The summed E-state index contributed by atoms with van der Waals surface area (Å²) >= 11 is 1.81. The lowest BCUT2D eigenvalue weighted by atomic mass is 10.2. The van der Waals surface area contributed by atoms with Crippen molar-refractivity contribution in [2.24, 2.45) is 0 Å². The molecule has 1 atom stereocenters. The third-order valence-electron chi connectivity index (χ3n) is 2.90. The fourth-order valence-corrected chi connectivity index (χ4v) is 2.98. The minimum atomic E-state index is 0.595. The SMILES string of the molecule is c1cc(N[C@H]2CCNC2)c2sccc2c1. The van der Waals surface area contributed by atoms with Gasteiger partial charge in [0.2, 0.25) is 0 Å². The second-order valence-corrected chi connectivity index (χ2v) is 4.89. The Morgan fingerprint density at radius 1 is 1.33 bits per heavy atom. The molecule has 78 valence electrons. The van der Waals surface area contributed by atoms with Crippen LogP contribution in [0.4, 0.5) is 5.69 Å². The topological polar surface area (TPSA) is 24.1 Å². The van der Waals surface area contributed by atoms with Crippen molar-refractivity contribution in [2.45, 2.75) is 12.5 Å². The lowest BCUT2D eigenvalue weighted by molar-refractivity contribution is 0.795. The van der Waals surface area contributed by atoms with Gasteiger partial charge in [-0.25, -0.2) is 0 Å². The number of rotatable bonds is 2. The summed E-state index contributed by atoms with van der Waals surface area (Å²) in [6.45, 7) is 2.22. The maximum absolute atomic E-state index is 3.62. The summed E-state index contributed by atoms with van der Waals surface area (Å²) in [6.07, 6.45) is 1.22. The highest BCUT2D eigenvalue weighted by molar-refractivity contribution is 7.17. The fraction of sp³-hybridized carbons (Fsp3) is 0.333. The second kappa shape index (κ2) is 3.83. The summed E-state index contributed by atoms with van der Waals surface area (Å²) in [4.78, 5) is 0. The lowest BCUT2D eigenvalue weighted by Gasteiger charge is -2.13. The van der Waals surface area contributed by atoms with E-state index in [0.717, 1.165) is 13.1 Å². The van der Waals surface area contributed by atoms with Crippen LogP contribution in [0.3, 0.4) is 0 Å². The molecule has 1 aromatic heterocycles. The van der Waals surface area contributed by atoms with Gasteiger partial charge in [0, 0.05) is 12.6 Å². The van der Waals surface area contributed by atoms with Crippen molar-refractivity contribution in [3.8, 4) is 0 Å². The van der Waals surface area contributed by atoms with Gasteiger partial charge in [-0.2, -0.15) is 0 Å². The van der Waals surface area contributed by atoms with Gasteiger partial charge in [0.1, 0.15) is 0 Å². The summed E-state index contributed by atoms with van der Waals surface area (Å²) in [5, 5.41) is 10.5. The molecule has 0 bridgehead atoms. The number of nitrogens with one attached hydrogen (secondary N) is 2. The van der Waals surface area contributed by atoms with Gasteiger partial charge >= 0.3 is 0 Å². The van der Waals surface area contributed by atoms with Crippen molar-refractivity contribution in [1.82, 2.24) is 5.32 Å². The van der Waals surface area contributed by atoms with E-state index in [1.165, 1.54) is 22.2 Å². The molecule has 2 N–H and O–H groups in total. The van der Waals surface area contributed by atoms with E-state index in [1.807, 2.05) is 11.3 Å². The third kappa shape index (κ3) is 1.73. The zero-order valence-electron chi connectivity index (χ0n) is 8.49. The predicted molar refractivity (Wildman–Crippen MR) is 66.7 cm³/mol. The largest absolute Gasteiger partial charge is 0.380 e. The molecule has 1 aliphatic rings. The van der Waals surface area contributed by atoms with E-state index in [0.29, 0.717) is 6.04 Å². The molecular weight excluding hydrogens is 204 g/mol. The van der Waals surface area contributed by atoms with Gasteiger partial charge in [-0.15, -0.1) is 11.3 Å². The van der Waals surface area contributed by atoms with Gasteiger partial charge in [0.25, 0.3) is 0 Å². The number of hydrogen-bond donors (Lipinski definition) is 2. The van der Waals surface area contributed by atoms with Crippen molar-refractivity contribution in [3.63, 3.8) is 0 Å². The summed E-state index contributed by atoms with van der Waals surface area (Å²) in [6, 6.07) is 9.25. The quantitative estimate of drug-likeness (QED) is 0.810. The van der Waals surface area contributed by atoms with Gasteiger partial charge in [-0.3, -0.25) is 0 Å². The molecule has 3 heteroatoms. The number of anilines is 1. The van der Waals surface area contributed by atoms with E-state index in [9.17, 15) is 0 Å². The summed E-state index contributed by atoms with van der Waals surface area (Å²) in [7, 11) is 0. The minimum absolute atomic E-state index is 0.595. The Labute approximate surface area is 93.3 Å². The zero-order chi connectivity index (χ0) is 10.1. The summed E-state index contributed by atoms with van der Waals surface area (Å²) in [5.41, 5.74) is 1.29. The average Bonchev–Trinajstić information content (AvgIpc) is 2.87. The van der Waals surface area contributed by atoms with Gasteiger partial charge in [-0.1, -0.05) is 12.1 Å². The highest BCUT2D eigenvalue weighted by Gasteiger charge is 2.14. The third-order valence-corrected chi connectivity index (χ3v) is 3.86. The van der Waals surface area contributed by atoms with E-state index in [4.69, 9.17) is 0 Å². The Balaban J connectivity index is 1.92. The number of thiophene rings is 1. The van der Waals surface area contributed by atoms with E-state index in [1.54, 1.807) is 0 Å². The standard InChI is InChI=1S/C12H14N2S/c1-2-9-5-7-15-12(9)11(3-1)14-10-4-6-13-8-10/h1-3,5,7,10,13-14H,4,6,8H2/t10-/m0/s1. The first-order valence-corrected chi connectivity index (χ1v) is 6.25. The molecule has 1 aliphatic heterocycles. The Morgan fingerprint density at radius 3 is 3.20 bits per heavy atom. The average molecular weight is 218 g/mol. The molecule has 0 saturated carbocycles. The van der Waals surface area contributed by atoms with Crippen LogP contribution in [0.25, 0.3) is 10.1 Å². The first-order valence-electron chi connectivity index (χ1n) is 5.37. The van der Waals surface area contributed by atoms with Gasteiger partial charge in [0.15, 0.2) is 0 Å². The monoisotopic (exact) mass is 218 g/mol. The molecule has 0 unspecified atom stereocenters. The first kappa shape index (κ1) is 9.19. The molecule has 2 nitrogen and oxygen atoms in total. The van der Waals surface area contributed by atoms with Gasteiger partial charge in [-0.05, 0) is 35.9 Å². The minimum Gasteiger partial charge on any atom is -0.380 e. The van der Waals surface area contributed by atoms with Crippen molar-refractivity contribution in [1.29, 1.82) is 0 Å². The van der Waals surface area contributed by atoms with Crippen molar-refractivity contribution < 1.29 is 0 Å². The molecule has 15 heavy (non-hydrogen) atoms. The number of benzene rings is 1. The van der Waals surface area contributed by atoms with E-state index in [-0.39, 0.29) is 0 Å². The maximum atomic E-state index is 3.62.